The normalized spacial score (nSPS) is 12.2. The van der Waals surface area contributed by atoms with Gasteiger partial charge >= 0.3 is 0 Å². The Labute approximate surface area is 345 Å². The number of Topliss-reactive ketones (excluding diaryl/α,β-unsaturated/α-hetero) is 1. The molecule has 0 bridgehead atoms. The molecule has 0 rings (SSSR count). The van der Waals surface area contributed by atoms with E-state index in [-0.39, 0.29) is 5.91 Å². The molecule has 0 aliphatic carbocycles. The van der Waals surface area contributed by atoms with Gasteiger partial charge in [-0.15, -0.1) is 0 Å². The third-order valence-corrected chi connectivity index (χ3v) is 11.8. The molecule has 2 N–H and O–H groups in total. The average molecular weight is 774 g/mol. The highest BCUT2D eigenvalue weighted by atomic mass is 16.3. The van der Waals surface area contributed by atoms with Crippen molar-refractivity contribution in [3.05, 3.63) is 12.2 Å². The van der Waals surface area contributed by atoms with Gasteiger partial charge in [-0.25, -0.2) is 0 Å². The second kappa shape index (κ2) is 47.2. The summed E-state index contributed by atoms with van der Waals surface area (Å²) in [5.74, 6) is 0.588. The second-order valence-corrected chi connectivity index (χ2v) is 17.5. The van der Waals surface area contributed by atoms with E-state index in [0.717, 1.165) is 51.4 Å². The highest BCUT2D eigenvalue weighted by Gasteiger charge is 2.07. The Morgan fingerprint density at radius 3 is 1.05 bits per heavy atom. The summed E-state index contributed by atoms with van der Waals surface area (Å²) in [4.78, 5) is 24.4. The Morgan fingerprint density at radius 1 is 0.400 bits per heavy atom. The molecule has 0 fully saturated rings. The SMILES string of the molecule is CCCCCCCCC=CCCCCCCCC(=O)CCCCCCCCCCCCCCC(=O)NCC(O)CCCCCCCCCCCCCCCC. The Morgan fingerprint density at radius 2 is 0.691 bits per heavy atom. The third-order valence-electron chi connectivity index (χ3n) is 11.8. The van der Waals surface area contributed by atoms with Gasteiger partial charge in [0.15, 0.2) is 0 Å². The van der Waals surface area contributed by atoms with Crippen molar-refractivity contribution in [1.82, 2.24) is 5.32 Å². The van der Waals surface area contributed by atoms with Crippen LogP contribution in [0.5, 0.6) is 0 Å². The van der Waals surface area contributed by atoms with E-state index in [1.54, 1.807) is 0 Å². The van der Waals surface area contributed by atoms with Crippen molar-refractivity contribution in [1.29, 1.82) is 0 Å². The molecule has 0 aliphatic rings. The van der Waals surface area contributed by atoms with Crippen LogP contribution >= 0.6 is 0 Å². The Kier molecular flexibility index (Phi) is 46.2. The quantitative estimate of drug-likeness (QED) is 0.0478. The number of hydrogen-bond acceptors (Lipinski definition) is 3. The minimum absolute atomic E-state index is 0.0998. The van der Waals surface area contributed by atoms with Crippen LogP contribution in [0, 0.1) is 0 Å². The molecule has 0 saturated heterocycles. The fourth-order valence-electron chi connectivity index (χ4n) is 7.89. The van der Waals surface area contributed by atoms with Crippen molar-refractivity contribution in [2.75, 3.05) is 6.54 Å². The van der Waals surface area contributed by atoms with Gasteiger partial charge in [0.25, 0.3) is 0 Å². The minimum atomic E-state index is -0.400. The van der Waals surface area contributed by atoms with Gasteiger partial charge < -0.3 is 10.4 Å². The lowest BCUT2D eigenvalue weighted by molar-refractivity contribution is -0.121. The van der Waals surface area contributed by atoms with Crippen LogP contribution in [0.4, 0.5) is 0 Å². The summed E-state index contributed by atoms with van der Waals surface area (Å²) in [5.41, 5.74) is 0. The largest absolute Gasteiger partial charge is 0.391 e. The van der Waals surface area contributed by atoms with Crippen LogP contribution in [0.3, 0.4) is 0 Å². The van der Waals surface area contributed by atoms with E-state index in [9.17, 15) is 14.7 Å². The molecule has 326 valence electrons. The molecule has 55 heavy (non-hydrogen) atoms. The van der Waals surface area contributed by atoms with Gasteiger partial charge in [0.1, 0.15) is 5.78 Å². The standard InChI is InChI=1S/C51H99NO3/c1-3-5-7-9-11-13-15-17-19-21-24-28-32-36-40-44-49(53)45-41-37-33-29-25-22-23-27-31-35-39-43-47-51(55)52-48-50(54)46-42-38-34-30-26-20-18-16-14-12-10-8-6-4-2/h17,19,50,54H,3-16,18,20-48H2,1-2H3,(H,52,55). The van der Waals surface area contributed by atoms with E-state index in [1.165, 1.54) is 218 Å². The molecule has 1 atom stereocenters. The molecule has 0 aliphatic heterocycles. The predicted molar refractivity (Wildman–Crippen MR) is 243 cm³/mol. The zero-order valence-corrected chi connectivity index (χ0v) is 37.6. The van der Waals surface area contributed by atoms with Crippen molar-refractivity contribution in [3.8, 4) is 0 Å². The molecule has 0 radical (unpaired) electrons. The smallest absolute Gasteiger partial charge is 0.220 e. The molecule has 0 saturated carbocycles. The molecule has 4 nitrogen and oxygen atoms in total. The maximum absolute atomic E-state index is 12.2. The van der Waals surface area contributed by atoms with Gasteiger partial charge in [-0.1, -0.05) is 231 Å². The summed E-state index contributed by atoms with van der Waals surface area (Å²) in [5, 5.41) is 13.2. The Hall–Kier alpha value is -1.16. The van der Waals surface area contributed by atoms with Crippen LogP contribution in [0.1, 0.15) is 290 Å². The average Bonchev–Trinajstić information content (AvgIpc) is 3.18. The molecule has 0 aromatic heterocycles. The number of ketones is 1. The van der Waals surface area contributed by atoms with Crippen molar-refractivity contribution < 1.29 is 14.7 Å². The number of allylic oxidation sites excluding steroid dienone is 2. The minimum Gasteiger partial charge on any atom is -0.391 e. The fraction of sp³-hybridized carbons (Fsp3) is 0.922. The molecule has 0 spiro atoms. The second-order valence-electron chi connectivity index (χ2n) is 17.5. The number of nitrogens with one attached hydrogen (secondary N) is 1. The van der Waals surface area contributed by atoms with E-state index in [1.807, 2.05) is 0 Å². The van der Waals surface area contributed by atoms with Crippen molar-refractivity contribution in [3.63, 3.8) is 0 Å². The number of rotatable bonds is 47. The fourth-order valence-corrected chi connectivity index (χ4v) is 7.89. The summed E-state index contributed by atoms with van der Waals surface area (Å²) in [6.07, 6.45) is 58.0. The van der Waals surface area contributed by atoms with Crippen molar-refractivity contribution >= 4 is 11.7 Å². The number of hydrogen-bond donors (Lipinski definition) is 2. The topological polar surface area (TPSA) is 66.4 Å². The zero-order valence-electron chi connectivity index (χ0n) is 37.6. The maximum atomic E-state index is 12.2. The highest BCUT2D eigenvalue weighted by Crippen LogP contribution is 2.16. The van der Waals surface area contributed by atoms with Gasteiger partial charge in [-0.05, 0) is 51.4 Å². The molecule has 1 amide bonds. The van der Waals surface area contributed by atoms with E-state index in [0.29, 0.717) is 18.7 Å². The number of aliphatic hydroxyl groups is 1. The van der Waals surface area contributed by atoms with Crippen LogP contribution in [0.2, 0.25) is 0 Å². The summed E-state index contributed by atoms with van der Waals surface area (Å²) in [7, 11) is 0. The molecular formula is C51H99NO3. The van der Waals surface area contributed by atoms with Gasteiger partial charge in [-0.3, -0.25) is 9.59 Å². The molecule has 1 unspecified atom stereocenters. The summed E-state index contributed by atoms with van der Waals surface area (Å²) >= 11 is 0. The van der Waals surface area contributed by atoms with Crippen LogP contribution < -0.4 is 5.32 Å². The number of amides is 1. The van der Waals surface area contributed by atoms with Crippen molar-refractivity contribution in [2.24, 2.45) is 0 Å². The van der Waals surface area contributed by atoms with E-state index >= 15 is 0 Å². The summed E-state index contributed by atoms with van der Waals surface area (Å²) < 4.78 is 0. The van der Waals surface area contributed by atoms with E-state index in [2.05, 4.69) is 31.3 Å². The first-order valence-electron chi connectivity index (χ1n) is 25.2. The van der Waals surface area contributed by atoms with E-state index < -0.39 is 6.10 Å². The lowest BCUT2D eigenvalue weighted by atomic mass is 10.0. The number of aliphatic hydroxyl groups excluding tert-OH is 1. The zero-order chi connectivity index (χ0) is 40.0. The van der Waals surface area contributed by atoms with Gasteiger partial charge in [0.2, 0.25) is 5.91 Å². The Bertz CT molecular complexity index is 795. The maximum Gasteiger partial charge on any atom is 0.220 e. The van der Waals surface area contributed by atoms with Gasteiger partial charge in [0, 0.05) is 25.8 Å². The highest BCUT2D eigenvalue weighted by molar-refractivity contribution is 5.78. The van der Waals surface area contributed by atoms with Gasteiger partial charge in [-0.2, -0.15) is 0 Å². The molecular weight excluding hydrogens is 675 g/mol. The predicted octanol–water partition coefficient (Wildman–Crippen LogP) is 16.4. The van der Waals surface area contributed by atoms with Crippen LogP contribution in [-0.2, 0) is 9.59 Å². The molecule has 0 heterocycles. The molecule has 0 aromatic rings. The van der Waals surface area contributed by atoms with Crippen LogP contribution in [0.25, 0.3) is 0 Å². The monoisotopic (exact) mass is 774 g/mol. The lowest BCUT2D eigenvalue weighted by Crippen LogP contribution is -2.31. The number of carbonyl (C=O) groups excluding carboxylic acids is 2. The molecule has 0 aromatic carbocycles. The first-order chi connectivity index (χ1) is 27.1. The number of unbranched alkanes of at least 4 members (excludes halogenated alkanes) is 35. The Balaban J connectivity index is 3.31. The van der Waals surface area contributed by atoms with Crippen LogP contribution in [-0.4, -0.2) is 29.4 Å². The van der Waals surface area contributed by atoms with E-state index in [4.69, 9.17) is 0 Å². The first kappa shape index (κ1) is 53.8. The summed E-state index contributed by atoms with van der Waals surface area (Å²) in [6.45, 7) is 4.97. The lowest BCUT2D eigenvalue weighted by Gasteiger charge is -2.12. The summed E-state index contributed by atoms with van der Waals surface area (Å²) in [6, 6.07) is 0. The van der Waals surface area contributed by atoms with Crippen LogP contribution in [0.15, 0.2) is 12.2 Å². The van der Waals surface area contributed by atoms with Gasteiger partial charge in [0.05, 0.1) is 6.10 Å². The molecule has 4 heteroatoms. The third kappa shape index (κ3) is 47.1. The number of carbonyl (C=O) groups is 2. The van der Waals surface area contributed by atoms with Crippen molar-refractivity contribution in [2.45, 2.75) is 296 Å². The first-order valence-corrected chi connectivity index (χ1v) is 25.2.